The Morgan fingerprint density at radius 2 is 2.29 bits per heavy atom. The van der Waals surface area contributed by atoms with Gasteiger partial charge in [0.05, 0.1) is 12.3 Å². The summed E-state index contributed by atoms with van der Waals surface area (Å²) < 4.78 is 5.67. The maximum absolute atomic E-state index is 5.67. The molecule has 1 aromatic heterocycles. The van der Waals surface area contributed by atoms with Gasteiger partial charge in [-0.2, -0.15) is 0 Å². The molecule has 0 amide bonds. The second kappa shape index (κ2) is 5.32. The van der Waals surface area contributed by atoms with E-state index in [1.54, 1.807) is 0 Å². The molecule has 1 aliphatic rings. The topological polar surface area (TPSA) is 34.1 Å². The van der Waals surface area contributed by atoms with Crippen LogP contribution in [0.4, 0.5) is 0 Å². The molecule has 1 atom stereocenters. The van der Waals surface area contributed by atoms with Crippen molar-refractivity contribution in [3.8, 4) is 0 Å². The Kier molecular flexibility index (Phi) is 3.79. The van der Waals surface area contributed by atoms with E-state index in [0.717, 1.165) is 31.0 Å². The van der Waals surface area contributed by atoms with E-state index in [1.807, 2.05) is 6.20 Å². The van der Waals surface area contributed by atoms with Crippen LogP contribution in [0.2, 0.25) is 0 Å². The van der Waals surface area contributed by atoms with Gasteiger partial charge in [0, 0.05) is 12.6 Å². The van der Waals surface area contributed by atoms with Crippen LogP contribution in [0.15, 0.2) is 24.1 Å². The fraction of sp³-hybridized carbons (Fsp3) is 0.500. The standard InChI is InChI=1S/C14H20N2O/c1-4-15-14(12-6-5-7-17-12)13-11(3)8-10(2)9-16-13/h6,8-9,14-15H,4-5,7H2,1-3H3. The lowest BCUT2D eigenvalue weighted by molar-refractivity contribution is 0.214. The first-order chi connectivity index (χ1) is 8.22. The smallest absolute Gasteiger partial charge is 0.115 e. The highest BCUT2D eigenvalue weighted by molar-refractivity contribution is 5.30. The van der Waals surface area contributed by atoms with Crippen molar-refractivity contribution in [2.24, 2.45) is 0 Å². The second-order valence-electron chi connectivity index (χ2n) is 4.45. The third kappa shape index (κ3) is 2.67. The van der Waals surface area contributed by atoms with Gasteiger partial charge in [0.15, 0.2) is 0 Å². The SMILES string of the molecule is CCNC(C1=CCCO1)c1ncc(C)cc1C. The Morgan fingerprint density at radius 3 is 2.88 bits per heavy atom. The third-order valence-electron chi connectivity index (χ3n) is 2.95. The zero-order valence-electron chi connectivity index (χ0n) is 10.8. The van der Waals surface area contributed by atoms with Crippen molar-refractivity contribution in [2.45, 2.75) is 33.2 Å². The van der Waals surface area contributed by atoms with E-state index in [0.29, 0.717) is 0 Å². The Bertz CT molecular complexity index is 426. The molecular formula is C14H20N2O. The van der Waals surface area contributed by atoms with Crippen LogP contribution >= 0.6 is 0 Å². The molecule has 3 heteroatoms. The summed E-state index contributed by atoms with van der Waals surface area (Å²) in [6.07, 6.45) is 5.08. The maximum Gasteiger partial charge on any atom is 0.115 e. The monoisotopic (exact) mass is 232 g/mol. The second-order valence-corrected chi connectivity index (χ2v) is 4.45. The van der Waals surface area contributed by atoms with E-state index in [4.69, 9.17) is 4.74 Å². The summed E-state index contributed by atoms with van der Waals surface area (Å²) in [6, 6.07) is 2.27. The summed E-state index contributed by atoms with van der Waals surface area (Å²) in [5, 5.41) is 3.45. The summed E-state index contributed by atoms with van der Waals surface area (Å²) in [5.41, 5.74) is 3.49. The van der Waals surface area contributed by atoms with E-state index in [9.17, 15) is 0 Å². The van der Waals surface area contributed by atoms with E-state index in [2.05, 4.69) is 43.2 Å². The fourth-order valence-electron chi connectivity index (χ4n) is 2.20. The number of ether oxygens (including phenoxy) is 1. The van der Waals surface area contributed by atoms with Gasteiger partial charge in [-0.15, -0.1) is 0 Å². The van der Waals surface area contributed by atoms with Gasteiger partial charge in [0.2, 0.25) is 0 Å². The van der Waals surface area contributed by atoms with Crippen molar-refractivity contribution in [3.63, 3.8) is 0 Å². The van der Waals surface area contributed by atoms with Crippen molar-refractivity contribution >= 4 is 0 Å². The van der Waals surface area contributed by atoms with Gasteiger partial charge in [-0.05, 0) is 37.6 Å². The number of hydrogen-bond acceptors (Lipinski definition) is 3. The minimum atomic E-state index is 0.100. The molecule has 0 fully saturated rings. The molecule has 0 aromatic carbocycles. The highest BCUT2D eigenvalue weighted by Crippen LogP contribution is 2.27. The average molecular weight is 232 g/mol. The Hall–Kier alpha value is -1.35. The zero-order chi connectivity index (χ0) is 12.3. The van der Waals surface area contributed by atoms with Gasteiger partial charge >= 0.3 is 0 Å². The molecule has 0 spiro atoms. The number of aromatic nitrogens is 1. The summed E-state index contributed by atoms with van der Waals surface area (Å²) in [6.45, 7) is 7.97. The molecular weight excluding hydrogens is 212 g/mol. The number of likely N-dealkylation sites (N-methyl/N-ethyl adjacent to an activating group) is 1. The molecule has 2 rings (SSSR count). The first-order valence-corrected chi connectivity index (χ1v) is 6.21. The molecule has 0 radical (unpaired) electrons. The molecule has 2 heterocycles. The largest absolute Gasteiger partial charge is 0.496 e. The predicted molar refractivity (Wildman–Crippen MR) is 68.8 cm³/mol. The summed E-state index contributed by atoms with van der Waals surface area (Å²) >= 11 is 0. The number of pyridine rings is 1. The summed E-state index contributed by atoms with van der Waals surface area (Å²) in [7, 11) is 0. The normalized spacial score (nSPS) is 16.5. The van der Waals surface area contributed by atoms with E-state index in [1.165, 1.54) is 11.1 Å². The molecule has 92 valence electrons. The first-order valence-electron chi connectivity index (χ1n) is 6.21. The van der Waals surface area contributed by atoms with E-state index >= 15 is 0 Å². The van der Waals surface area contributed by atoms with Crippen LogP contribution in [0.25, 0.3) is 0 Å². The molecule has 1 unspecified atom stereocenters. The number of rotatable bonds is 4. The molecule has 1 aromatic rings. The molecule has 0 saturated heterocycles. The Balaban J connectivity index is 2.31. The summed E-state index contributed by atoms with van der Waals surface area (Å²) in [4.78, 5) is 4.56. The number of hydrogen-bond donors (Lipinski definition) is 1. The summed E-state index contributed by atoms with van der Waals surface area (Å²) in [5.74, 6) is 1.02. The lowest BCUT2D eigenvalue weighted by Crippen LogP contribution is -2.25. The molecule has 3 nitrogen and oxygen atoms in total. The van der Waals surface area contributed by atoms with E-state index < -0.39 is 0 Å². The molecule has 1 N–H and O–H groups in total. The maximum atomic E-state index is 5.67. The highest BCUT2D eigenvalue weighted by atomic mass is 16.5. The van der Waals surface area contributed by atoms with E-state index in [-0.39, 0.29) is 6.04 Å². The van der Waals surface area contributed by atoms with Crippen molar-refractivity contribution in [2.75, 3.05) is 13.2 Å². The van der Waals surface area contributed by atoms with Gasteiger partial charge in [0.1, 0.15) is 11.8 Å². The highest BCUT2D eigenvalue weighted by Gasteiger charge is 2.22. The van der Waals surface area contributed by atoms with Gasteiger partial charge < -0.3 is 10.1 Å². The first kappa shape index (κ1) is 12.1. The minimum Gasteiger partial charge on any atom is -0.496 e. The lowest BCUT2D eigenvalue weighted by atomic mass is 10.0. The van der Waals surface area contributed by atoms with Crippen molar-refractivity contribution in [1.29, 1.82) is 0 Å². The minimum absolute atomic E-state index is 0.100. The van der Waals surface area contributed by atoms with Crippen LogP contribution in [-0.4, -0.2) is 18.1 Å². The van der Waals surface area contributed by atoms with Crippen LogP contribution in [0.5, 0.6) is 0 Å². The molecule has 0 bridgehead atoms. The van der Waals surface area contributed by atoms with Gasteiger partial charge in [0.25, 0.3) is 0 Å². The van der Waals surface area contributed by atoms with Crippen molar-refractivity contribution in [1.82, 2.24) is 10.3 Å². The predicted octanol–water partition coefficient (Wildman–Crippen LogP) is 2.65. The van der Waals surface area contributed by atoms with Crippen LogP contribution in [-0.2, 0) is 4.74 Å². The van der Waals surface area contributed by atoms with Crippen molar-refractivity contribution in [3.05, 3.63) is 40.9 Å². The lowest BCUT2D eigenvalue weighted by Gasteiger charge is -2.20. The van der Waals surface area contributed by atoms with Crippen molar-refractivity contribution < 1.29 is 4.74 Å². The fourth-order valence-corrected chi connectivity index (χ4v) is 2.20. The average Bonchev–Trinajstić information content (AvgIpc) is 2.80. The Labute approximate surface area is 103 Å². The van der Waals surface area contributed by atoms with Gasteiger partial charge in [-0.1, -0.05) is 13.0 Å². The zero-order valence-corrected chi connectivity index (χ0v) is 10.8. The van der Waals surface area contributed by atoms with Gasteiger partial charge in [-0.3, -0.25) is 4.98 Å². The Morgan fingerprint density at radius 1 is 1.47 bits per heavy atom. The quantitative estimate of drug-likeness (QED) is 0.866. The molecule has 17 heavy (non-hydrogen) atoms. The van der Waals surface area contributed by atoms with Crippen LogP contribution < -0.4 is 5.32 Å². The van der Waals surface area contributed by atoms with Gasteiger partial charge in [-0.25, -0.2) is 0 Å². The number of nitrogens with zero attached hydrogens (tertiary/aromatic N) is 1. The molecule has 0 saturated carbocycles. The number of aryl methyl sites for hydroxylation is 2. The molecule has 1 aliphatic heterocycles. The third-order valence-corrected chi connectivity index (χ3v) is 2.95. The number of nitrogens with one attached hydrogen (secondary N) is 1. The van der Waals surface area contributed by atoms with Crippen LogP contribution in [0.1, 0.15) is 36.2 Å². The van der Waals surface area contributed by atoms with Crippen LogP contribution in [0, 0.1) is 13.8 Å². The molecule has 0 aliphatic carbocycles. The van der Waals surface area contributed by atoms with Crippen LogP contribution in [0.3, 0.4) is 0 Å².